The third kappa shape index (κ3) is 4.73. The fourth-order valence-electron chi connectivity index (χ4n) is 4.32. The minimum atomic E-state index is -0.749. The van der Waals surface area contributed by atoms with Crippen LogP contribution in [0.1, 0.15) is 51.1 Å². The van der Waals surface area contributed by atoms with Crippen molar-refractivity contribution in [2.45, 2.75) is 33.4 Å². The molecule has 1 amide bonds. The Morgan fingerprint density at radius 3 is 2.31 bits per heavy atom. The number of carbonyl (C=O) groups is 3. The standard InChI is InChI=1S/C29H27NO5/c1-4-35-29(34)22-14-12-20(13-15-22)17-30-25(21-8-6-5-7-9-21)24(27(32)28(30)33)26(31)23-16-18(2)10-11-19(23)3/h5-16,25,31H,4,17H2,1-3H3/b26-24+. The van der Waals surface area contributed by atoms with Crippen molar-refractivity contribution >= 4 is 23.4 Å². The molecule has 1 atom stereocenters. The van der Waals surface area contributed by atoms with Crippen molar-refractivity contribution in [3.63, 3.8) is 0 Å². The van der Waals surface area contributed by atoms with Crippen LogP contribution in [0.3, 0.4) is 0 Å². The van der Waals surface area contributed by atoms with Gasteiger partial charge in [0.1, 0.15) is 5.76 Å². The zero-order valence-corrected chi connectivity index (χ0v) is 19.9. The summed E-state index contributed by atoms with van der Waals surface area (Å²) in [6, 6.07) is 20.8. The molecule has 0 bridgehead atoms. The first-order chi connectivity index (χ1) is 16.8. The van der Waals surface area contributed by atoms with Crippen LogP contribution in [-0.4, -0.2) is 34.3 Å². The average Bonchev–Trinajstić information content (AvgIpc) is 3.11. The van der Waals surface area contributed by atoms with E-state index in [1.807, 2.05) is 62.4 Å². The Bertz CT molecular complexity index is 1310. The highest BCUT2D eigenvalue weighted by atomic mass is 16.5. The summed E-state index contributed by atoms with van der Waals surface area (Å²) in [5.41, 5.74) is 4.22. The monoisotopic (exact) mass is 469 g/mol. The van der Waals surface area contributed by atoms with Crippen molar-refractivity contribution in [3.8, 4) is 0 Å². The zero-order chi connectivity index (χ0) is 25.1. The number of aliphatic hydroxyl groups is 1. The zero-order valence-electron chi connectivity index (χ0n) is 19.9. The van der Waals surface area contributed by atoms with E-state index in [0.717, 1.165) is 22.3 Å². The van der Waals surface area contributed by atoms with E-state index in [2.05, 4.69) is 0 Å². The van der Waals surface area contributed by atoms with E-state index in [0.29, 0.717) is 11.1 Å². The number of esters is 1. The first-order valence-corrected chi connectivity index (χ1v) is 11.5. The van der Waals surface area contributed by atoms with Crippen molar-refractivity contribution in [1.82, 2.24) is 4.90 Å². The maximum atomic E-state index is 13.2. The largest absolute Gasteiger partial charge is 0.507 e. The van der Waals surface area contributed by atoms with E-state index in [1.165, 1.54) is 4.90 Å². The highest BCUT2D eigenvalue weighted by Crippen LogP contribution is 2.40. The number of aryl methyl sites for hydroxylation is 2. The Morgan fingerprint density at radius 1 is 0.971 bits per heavy atom. The molecule has 1 heterocycles. The van der Waals surface area contributed by atoms with E-state index >= 15 is 0 Å². The van der Waals surface area contributed by atoms with Crippen molar-refractivity contribution in [2.75, 3.05) is 6.61 Å². The number of hydrogen-bond donors (Lipinski definition) is 1. The SMILES string of the molecule is CCOC(=O)c1ccc(CN2C(=O)C(=O)/C(=C(/O)c3cc(C)ccc3C)C2c2ccccc2)cc1. The van der Waals surface area contributed by atoms with Gasteiger partial charge in [-0.25, -0.2) is 4.79 Å². The molecule has 6 heteroatoms. The van der Waals surface area contributed by atoms with Gasteiger partial charge in [0.15, 0.2) is 0 Å². The lowest BCUT2D eigenvalue weighted by atomic mass is 9.93. The Balaban J connectivity index is 1.77. The fraction of sp³-hybridized carbons (Fsp3) is 0.207. The Kier molecular flexibility index (Phi) is 6.82. The van der Waals surface area contributed by atoms with Crippen LogP contribution in [0, 0.1) is 13.8 Å². The van der Waals surface area contributed by atoms with E-state index in [1.54, 1.807) is 31.2 Å². The summed E-state index contributed by atoms with van der Waals surface area (Å²) < 4.78 is 5.03. The molecule has 3 aromatic carbocycles. The molecule has 0 saturated carbocycles. The lowest BCUT2D eigenvalue weighted by Gasteiger charge is -2.25. The first-order valence-electron chi connectivity index (χ1n) is 11.5. The van der Waals surface area contributed by atoms with E-state index in [4.69, 9.17) is 4.74 Å². The van der Waals surface area contributed by atoms with Gasteiger partial charge in [-0.2, -0.15) is 0 Å². The van der Waals surface area contributed by atoms with Gasteiger partial charge in [0.05, 0.1) is 23.8 Å². The smallest absolute Gasteiger partial charge is 0.338 e. The number of Topliss-reactive ketones (excluding diaryl/α,β-unsaturated/α-hetero) is 1. The molecular formula is C29H27NO5. The number of aliphatic hydroxyl groups excluding tert-OH is 1. The highest BCUT2D eigenvalue weighted by molar-refractivity contribution is 6.46. The molecule has 35 heavy (non-hydrogen) atoms. The lowest BCUT2D eigenvalue weighted by Crippen LogP contribution is -2.29. The number of likely N-dealkylation sites (tertiary alicyclic amines) is 1. The molecule has 1 aliphatic rings. The minimum absolute atomic E-state index is 0.0676. The summed E-state index contributed by atoms with van der Waals surface area (Å²) in [5, 5.41) is 11.3. The second-order valence-corrected chi connectivity index (χ2v) is 8.57. The summed E-state index contributed by atoms with van der Waals surface area (Å²) in [5.74, 6) is -2.00. The molecule has 4 rings (SSSR count). The molecular weight excluding hydrogens is 442 g/mol. The predicted octanol–water partition coefficient (Wildman–Crippen LogP) is 5.10. The summed E-state index contributed by atoms with van der Waals surface area (Å²) in [4.78, 5) is 39.9. The van der Waals surface area contributed by atoms with Gasteiger partial charge >= 0.3 is 5.97 Å². The summed E-state index contributed by atoms with van der Waals surface area (Å²) in [6.07, 6.45) is 0. The second-order valence-electron chi connectivity index (χ2n) is 8.57. The van der Waals surface area contributed by atoms with Gasteiger partial charge in [0, 0.05) is 12.1 Å². The number of rotatable bonds is 6. The summed E-state index contributed by atoms with van der Waals surface area (Å²) in [6.45, 7) is 5.92. The number of nitrogens with zero attached hydrogens (tertiary/aromatic N) is 1. The van der Waals surface area contributed by atoms with Gasteiger partial charge in [-0.1, -0.05) is 60.2 Å². The molecule has 3 aromatic rings. The predicted molar refractivity (Wildman–Crippen MR) is 133 cm³/mol. The molecule has 6 nitrogen and oxygen atoms in total. The number of benzene rings is 3. The van der Waals surface area contributed by atoms with Gasteiger partial charge in [-0.3, -0.25) is 9.59 Å². The van der Waals surface area contributed by atoms with Crippen LogP contribution >= 0.6 is 0 Å². The highest BCUT2D eigenvalue weighted by Gasteiger charge is 2.46. The van der Waals surface area contributed by atoms with Crippen LogP contribution in [0.25, 0.3) is 5.76 Å². The molecule has 1 aliphatic heterocycles. The van der Waals surface area contributed by atoms with Crippen LogP contribution in [0.4, 0.5) is 0 Å². The van der Waals surface area contributed by atoms with Gasteiger partial charge in [0.25, 0.3) is 11.7 Å². The van der Waals surface area contributed by atoms with Crippen molar-refractivity contribution < 1.29 is 24.2 Å². The number of carbonyl (C=O) groups excluding carboxylic acids is 3. The van der Waals surface area contributed by atoms with Crippen molar-refractivity contribution in [3.05, 3.63) is 112 Å². The maximum absolute atomic E-state index is 13.2. The normalized spacial score (nSPS) is 17.0. The van der Waals surface area contributed by atoms with Crippen molar-refractivity contribution in [1.29, 1.82) is 0 Å². The fourth-order valence-corrected chi connectivity index (χ4v) is 4.32. The molecule has 0 aromatic heterocycles. The van der Waals surface area contributed by atoms with Gasteiger partial charge in [-0.05, 0) is 55.7 Å². The molecule has 178 valence electrons. The van der Waals surface area contributed by atoms with Crippen LogP contribution in [0.2, 0.25) is 0 Å². The quantitative estimate of drug-likeness (QED) is 0.235. The Morgan fingerprint density at radius 2 is 1.66 bits per heavy atom. The third-order valence-electron chi connectivity index (χ3n) is 6.12. The van der Waals surface area contributed by atoms with Crippen LogP contribution in [0.15, 0.2) is 78.4 Å². The Labute approximate surface area is 204 Å². The number of ether oxygens (including phenoxy) is 1. The summed E-state index contributed by atoms with van der Waals surface area (Å²) >= 11 is 0. The summed E-state index contributed by atoms with van der Waals surface area (Å²) in [7, 11) is 0. The van der Waals surface area contributed by atoms with Crippen LogP contribution in [-0.2, 0) is 20.9 Å². The molecule has 1 N–H and O–H groups in total. The minimum Gasteiger partial charge on any atom is -0.507 e. The van der Waals surface area contributed by atoms with Gasteiger partial charge < -0.3 is 14.7 Å². The van der Waals surface area contributed by atoms with Gasteiger partial charge in [-0.15, -0.1) is 0 Å². The van der Waals surface area contributed by atoms with Crippen LogP contribution < -0.4 is 0 Å². The molecule has 1 saturated heterocycles. The number of ketones is 1. The van der Waals surface area contributed by atoms with E-state index < -0.39 is 23.7 Å². The maximum Gasteiger partial charge on any atom is 0.338 e. The third-order valence-corrected chi connectivity index (χ3v) is 6.12. The lowest BCUT2D eigenvalue weighted by molar-refractivity contribution is -0.140. The molecule has 1 unspecified atom stereocenters. The molecule has 1 fully saturated rings. The average molecular weight is 470 g/mol. The van der Waals surface area contributed by atoms with Crippen molar-refractivity contribution in [2.24, 2.45) is 0 Å². The van der Waals surface area contributed by atoms with E-state index in [9.17, 15) is 19.5 Å². The van der Waals surface area contributed by atoms with E-state index in [-0.39, 0.29) is 24.5 Å². The Hall–Kier alpha value is -4.19. The molecule has 0 aliphatic carbocycles. The molecule has 0 spiro atoms. The number of amides is 1. The topological polar surface area (TPSA) is 83.9 Å². The first kappa shape index (κ1) is 24.0. The second kappa shape index (κ2) is 9.97. The molecule has 0 radical (unpaired) electrons. The van der Waals surface area contributed by atoms with Crippen LogP contribution in [0.5, 0.6) is 0 Å². The van der Waals surface area contributed by atoms with Gasteiger partial charge in [0.2, 0.25) is 0 Å². The number of hydrogen-bond acceptors (Lipinski definition) is 5.